The first-order valence-electron chi connectivity index (χ1n) is 5.13. The van der Waals surface area contributed by atoms with Crippen LogP contribution in [-0.2, 0) is 0 Å². The summed E-state index contributed by atoms with van der Waals surface area (Å²) in [5, 5.41) is 0.176. The van der Waals surface area contributed by atoms with E-state index >= 15 is 0 Å². The Balaban J connectivity index is 2.49. The summed E-state index contributed by atoms with van der Waals surface area (Å²) in [6, 6.07) is 7.68. The summed E-state index contributed by atoms with van der Waals surface area (Å²) in [6.07, 6.45) is 0. The fourth-order valence-corrected chi connectivity index (χ4v) is 4.36. The van der Waals surface area contributed by atoms with Gasteiger partial charge in [-0.25, -0.2) is 8.78 Å². The van der Waals surface area contributed by atoms with E-state index in [9.17, 15) is 8.78 Å². The first-order valence-corrected chi connectivity index (χ1v) is 8.01. The van der Waals surface area contributed by atoms with Gasteiger partial charge in [0.2, 0.25) is 0 Å². The molecule has 0 aliphatic heterocycles. The minimum Gasteiger partial charge on any atom is -0.204 e. The topological polar surface area (TPSA) is 0 Å². The van der Waals surface area contributed by atoms with Crippen molar-refractivity contribution in [2.24, 2.45) is 0 Å². The number of alkyl halides is 1. The van der Waals surface area contributed by atoms with Gasteiger partial charge in [0.25, 0.3) is 0 Å². The van der Waals surface area contributed by atoms with Crippen LogP contribution in [-0.4, -0.2) is 0 Å². The zero-order valence-electron chi connectivity index (χ0n) is 9.23. The third kappa shape index (κ3) is 3.38. The summed E-state index contributed by atoms with van der Waals surface area (Å²) >= 11 is 16.2. The average Bonchev–Trinajstić information content (AvgIpc) is 2.33. The lowest BCUT2D eigenvalue weighted by atomic mass is 10.0. The second-order valence-corrected chi connectivity index (χ2v) is 6.91. The van der Waals surface area contributed by atoms with Gasteiger partial charge >= 0.3 is 0 Å². The van der Waals surface area contributed by atoms with E-state index in [-0.39, 0.29) is 9.85 Å². The molecule has 0 spiro atoms. The molecule has 0 nitrogen and oxygen atoms in total. The van der Waals surface area contributed by atoms with Crippen LogP contribution < -0.4 is 0 Å². The molecule has 0 saturated carbocycles. The summed E-state index contributed by atoms with van der Waals surface area (Å²) in [4.78, 5) is -0.336. The molecule has 0 amide bonds. The van der Waals surface area contributed by atoms with Crippen molar-refractivity contribution in [2.45, 2.75) is 4.83 Å². The third-order valence-electron chi connectivity index (χ3n) is 2.55. The highest BCUT2D eigenvalue weighted by Crippen LogP contribution is 2.40. The van der Waals surface area contributed by atoms with Gasteiger partial charge in [0.15, 0.2) is 11.6 Å². The fourth-order valence-electron chi connectivity index (χ4n) is 1.61. The van der Waals surface area contributed by atoms with Crippen LogP contribution in [0.1, 0.15) is 16.0 Å². The van der Waals surface area contributed by atoms with Crippen LogP contribution >= 0.6 is 59.4 Å². The minimum atomic E-state index is -0.955. The zero-order chi connectivity index (χ0) is 14.2. The third-order valence-corrected chi connectivity index (χ3v) is 5.04. The van der Waals surface area contributed by atoms with Crippen molar-refractivity contribution >= 4 is 59.4 Å². The summed E-state index contributed by atoms with van der Waals surface area (Å²) < 4.78 is 28.1. The highest BCUT2D eigenvalue weighted by molar-refractivity contribution is 9.11. The maximum atomic E-state index is 13.3. The lowest BCUT2D eigenvalue weighted by Crippen LogP contribution is -1.98. The maximum absolute atomic E-state index is 13.3. The summed E-state index contributed by atoms with van der Waals surface area (Å²) in [5.74, 6) is -1.87. The molecule has 2 rings (SSSR count). The van der Waals surface area contributed by atoms with Gasteiger partial charge in [-0.05, 0) is 35.4 Å². The van der Waals surface area contributed by atoms with E-state index in [4.69, 9.17) is 11.6 Å². The molecule has 0 aromatic heterocycles. The molecule has 0 N–H and O–H groups in total. The largest absolute Gasteiger partial charge is 0.204 e. The monoisotopic (exact) mass is 472 g/mol. The Kier molecular flexibility index (Phi) is 5.04. The molecule has 0 fully saturated rings. The molecule has 0 aliphatic rings. The van der Waals surface area contributed by atoms with E-state index in [1.54, 1.807) is 0 Å². The standard InChI is InChI=1S/C13H6Br3ClF2/c14-6-1-2-7(9(15)3-6)13(16)8-4-11(18)12(19)5-10(8)17/h1-5,13H. The van der Waals surface area contributed by atoms with Crippen LogP contribution in [0.2, 0.25) is 5.02 Å². The van der Waals surface area contributed by atoms with E-state index in [0.717, 1.165) is 26.6 Å². The van der Waals surface area contributed by atoms with Gasteiger partial charge in [-0.1, -0.05) is 65.5 Å². The van der Waals surface area contributed by atoms with Gasteiger partial charge < -0.3 is 0 Å². The van der Waals surface area contributed by atoms with Crippen molar-refractivity contribution in [3.8, 4) is 0 Å². The molecule has 1 atom stereocenters. The van der Waals surface area contributed by atoms with Crippen molar-refractivity contribution in [1.82, 2.24) is 0 Å². The normalized spacial score (nSPS) is 12.5. The van der Waals surface area contributed by atoms with E-state index in [1.807, 2.05) is 18.2 Å². The molecule has 0 heterocycles. The van der Waals surface area contributed by atoms with Crippen molar-refractivity contribution in [2.75, 3.05) is 0 Å². The average molecular weight is 475 g/mol. The maximum Gasteiger partial charge on any atom is 0.160 e. The molecule has 0 aliphatic carbocycles. The van der Waals surface area contributed by atoms with Crippen molar-refractivity contribution < 1.29 is 8.78 Å². The zero-order valence-corrected chi connectivity index (χ0v) is 14.7. The second-order valence-electron chi connectivity index (χ2n) is 3.82. The van der Waals surface area contributed by atoms with Gasteiger partial charge in [0.05, 0.1) is 4.83 Å². The molecule has 19 heavy (non-hydrogen) atoms. The van der Waals surface area contributed by atoms with Crippen molar-refractivity contribution in [3.63, 3.8) is 0 Å². The Hall–Kier alpha value is 0.0300. The molecule has 6 heteroatoms. The van der Waals surface area contributed by atoms with Crippen LogP contribution in [0.3, 0.4) is 0 Å². The first kappa shape index (κ1) is 15.4. The van der Waals surface area contributed by atoms with E-state index in [1.165, 1.54) is 0 Å². The molecular formula is C13H6Br3ClF2. The Labute approximate surface area is 139 Å². The van der Waals surface area contributed by atoms with Crippen molar-refractivity contribution in [1.29, 1.82) is 0 Å². The highest BCUT2D eigenvalue weighted by Gasteiger charge is 2.19. The molecule has 0 bridgehead atoms. The number of hydrogen-bond acceptors (Lipinski definition) is 0. The lowest BCUT2D eigenvalue weighted by molar-refractivity contribution is 0.507. The quantitative estimate of drug-likeness (QED) is 0.338. The van der Waals surface area contributed by atoms with E-state index in [0.29, 0.717) is 5.56 Å². The Morgan fingerprint density at radius 1 is 0.947 bits per heavy atom. The summed E-state index contributed by atoms with van der Waals surface area (Å²) in [7, 11) is 0. The molecule has 1 unspecified atom stereocenters. The van der Waals surface area contributed by atoms with Crippen molar-refractivity contribution in [3.05, 3.63) is 67.1 Å². The number of hydrogen-bond donors (Lipinski definition) is 0. The Morgan fingerprint density at radius 2 is 1.58 bits per heavy atom. The van der Waals surface area contributed by atoms with Crippen LogP contribution in [0.5, 0.6) is 0 Å². The Morgan fingerprint density at radius 3 is 2.21 bits per heavy atom. The lowest BCUT2D eigenvalue weighted by Gasteiger charge is -2.15. The summed E-state index contributed by atoms with van der Waals surface area (Å²) in [6.45, 7) is 0. The molecule has 0 radical (unpaired) electrons. The van der Waals surface area contributed by atoms with E-state index < -0.39 is 11.6 Å². The molecular weight excluding hydrogens is 469 g/mol. The number of benzene rings is 2. The molecule has 2 aromatic rings. The predicted molar refractivity (Wildman–Crippen MR) is 84.0 cm³/mol. The molecule has 2 aromatic carbocycles. The number of rotatable bonds is 2. The smallest absolute Gasteiger partial charge is 0.160 e. The van der Waals surface area contributed by atoms with Crippen LogP contribution in [0.25, 0.3) is 0 Å². The molecule has 100 valence electrons. The van der Waals surface area contributed by atoms with Gasteiger partial charge in [-0.15, -0.1) is 0 Å². The van der Waals surface area contributed by atoms with Gasteiger partial charge in [-0.3, -0.25) is 0 Å². The van der Waals surface area contributed by atoms with Gasteiger partial charge in [-0.2, -0.15) is 0 Å². The van der Waals surface area contributed by atoms with Gasteiger partial charge in [0.1, 0.15) is 0 Å². The van der Waals surface area contributed by atoms with Crippen LogP contribution in [0.4, 0.5) is 8.78 Å². The Bertz CT molecular complexity index is 632. The van der Waals surface area contributed by atoms with Crippen LogP contribution in [0, 0.1) is 11.6 Å². The summed E-state index contributed by atoms with van der Waals surface area (Å²) in [5.41, 5.74) is 1.35. The van der Waals surface area contributed by atoms with Crippen LogP contribution in [0.15, 0.2) is 39.3 Å². The fraction of sp³-hybridized carbons (Fsp3) is 0.0769. The SMILES string of the molecule is Fc1cc(Cl)c(C(Br)c2ccc(Br)cc2Br)cc1F. The van der Waals surface area contributed by atoms with Gasteiger partial charge in [0, 0.05) is 14.0 Å². The van der Waals surface area contributed by atoms with E-state index in [2.05, 4.69) is 47.8 Å². The predicted octanol–water partition coefficient (Wildman–Crippen LogP) is 6.63. The second kappa shape index (κ2) is 6.20. The number of halogens is 6. The highest BCUT2D eigenvalue weighted by atomic mass is 79.9. The minimum absolute atomic E-state index is 0.176. The molecule has 0 saturated heterocycles. The first-order chi connectivity index (χ1) is 8.90.